The van der Waals surface area contributed by atoms with Gasteiger partial charge in [-0.1, -0.05) is 111 Å². The van der Waals surface area contributed by atoms with Gasteiger partial charge in [-0.25, -0.2) is 4.79 Å². The average molecular weight is 903 g/mol. The van der Waals surface area contributed by atoms with Crippen LogP contribution in [-0.4, -0.2) is 110 Å². The molecule has 0 bridgehead atoms. The lowest BCUT2D eigenvalue weighted by atomic mass is 10.0. The predicted molar refractivity (Wildman–Crippen MR) is 231 cm³/mol. The van der Waals surface area contributed by atoms with Crippen LogP contribution in [0.1, 0.15) is 178 Å². The number of nitrogens with one attached hydrogen (secondary N) is 1. The van der Waals surface area contributed by atoms with Gasteiger partial charge in [-0.3, -0.25) is 24.5 Å². The van der Waals surface area contributed by atoms with Crippen molar-refractivity contribution in [2.45, 2.75) is 202 Å². The highest BCUT2D eigenvalue weighted by Crippen LogP contribution is 2.16. The molecule has 13 nitrogen and oxygen atoms in total. The number of esters is 5. The molecule has 3 unspecified atom stereocenters. The van der Waals surface area contributed by atoms with Crippen molar-refractivity contribution >= 4 is 29.8 Å². The third-order valence-corrected chi connectivity index (χ3v) is 9.17. The predicted octanol–water partition coefficient (Wildman–Crippen LogP) is 2.53. The number of rotatable bonds is 34. The van der Waals surface area contributed by atoms with Crippen molar-refractivity contribution in [1.82, 2.24) is 5.32 Å². The molecule has 358 valence electrons. The number of nitrogens with zero attached hydrogens (tertiary/aromatic N) is 1. The fourth-order valence-electron chi connectivity index (χ4n) is 5.64. The molecule has 0 radical (unpaired) electrons. The molecule has 0 aliphatic carbocycles. The Labute approximate surface area is 377 Å². The first kappa shape index (κ1) is 66.6. The summed E-state index contributed by atoms with van der Waals surface area (Å²) in [5, 5.41) is 13.2. The molecule has 0 fully saturated rings. The molecule has 0 amide bonds. The second-order valence-electron chi connectivity index (χ2n) is 16.3. The van der Waals surface area contributed by atoms with Gasteiger partial charge in [-0.05, 0) is 46.0 Å². The minimum Gasteiger partial charge on any atom is -1.00 e. The second kappa shape index (κ2) is 41.9. The summed E-state index contributed by atoms with van der Waals surface area (Å²) < 4.78 is 26.8. The molecule has 0 aromatic carbocycles. The lowest BCUT2D eigenvalue weighted by Gasteiger charge is -2.30. The zero-order chi connectivity index (χ0) is 43.5. The zero-order valence-corrected chi connectivity index (χ0v) is 39.7. The van der Waals surface area contributed by atoms with E-state index in [9.17, 15) is 29.1 Å². The van der Waals surface area contributed by atoms with Crippen molar-refractivity contribution in [3.05, 3.63) is 12.7 Å². The SMILES string of the molecule is C.C=CCC(O)C(CCCCC)OC(=O)C[N+](C)(C)CCOC(C)=O.CCCCCCCCCC(OC(=O)CCCCCCC)OC(=O)CNC(C)(C)COC(C)=O.[Cl-].[Cl-]. The molecule has 15 heteroatoms. The standard InChI is InChI=1S/C26H49NO6.C18H34NO5.CH4.2ClH/c1-6-8-10-12-13-15-17-19-25(32-23(29)18-16-14-11-9-7-2)33-24(30)20-27-26(4,5)21-31-22(3)28;1-6-8-9-11-17(16(21)10-7-2)24-18(22)14-19(4,5)12-13-23-15(3)20;;;/h25,27H,6-21H2,1-5H3;7,16-17,21H,2,6,8-14H2,1,3-5H3;1H4;2*1H/q;+1;;;/p-2. The molecule has 0 heterocycles. The van der Waals surface area contributed by atoms with E-state index in [2.05, 4.69) is 32.7 Å². The van der Waals surface area contributed by atoms with E-state index >= 15 is 0 Å². The monoisotopic (exact) mass is 902 g/mol. The van der Waals surface area contributed by atoms with Gasteiger partial charge in [0.1, 0.15) is 25.9 Å². The number of hydrogen-bond acceptors (Lipinski definition) is 12. The number of unbranched alkanes of at least 4 members (excludes halogenated alkanes) is 12. The molecule has 0 spiro atoms. The lowest BCUT2D eigenvalue weighted by molar-refractivity contribution is -0.883. The first-order valence-electron chi connectivity index (χ1n) is 21.6. The second-order valence-corrected chi connectivity index (χ2v) is 16.3. The van der Waals surface area contributed by atoms with Crippen molar-refractivity contribution in [2.75, 3.05) is 46.9 Å². The van der Waals surface area contributed by atoms with Gasteiger partial charge in [0.15, 0.2) is 6.54 Å². The fourth-order valence-corrected chi connectivity index (χ4v) is 5.64. The Morgan fingerprint density at radius 2 is 1.18 bits per heavy atom. The minimum atomic E-state index is -0.852. The number of aliphatic hydroxyl groups is 1. The highest BCUT2D eigenvalue weighted by Gasteiger charge is 2.27. The number of ether oxygens (including phenoxy) is 5. The van der Waals surface area contributed by atoms with Crippen LogP contribution in [0.4, 0.5) is 0 Å². The molecule has 3 atom stereocenters. The molecular weight excluding hydrogens is 815 g/mol. The Morgan fingerprint density at radius 3 is 1.72 bits per heavy atom. The van der Waals surface area contributed by atoms with Gasteiger partial charge in [-0.2, -0.15) is 0 Å². The summed E-state index contributed by atoms with van der Waals surface area (Å²) in [6, 6.07) is 0. The van der Waals surface area contributed by atoms with Crippen LogP contribution in [0.15, 0.2) is 12.7 Å². The number of likely N-dealkylation sites (N-methyl/N-ethyl adjacent to an activating group) is 1. The molecule has 0 aromatic heterocycles. The largest absolute Gasteiger partial charge is 1.00 e. The number of hydrogen-bond donors (Lipinski definition) is 2. The van der Waals surface area contributed by atoms with Gasteiger partial charge in [0, 0.05) is 32.2 Å². The van der Waals surface area contributed by atoms with Gasteiger partial charge in [0.05, 0.1) is 26.7 Å². The molecule has 0 aliphatic rings. The maximum Gasteiger partial charge on any atom is 0.362 e. The smallest absolute Gasteiger partial charge is 0.362 e. The number of carbonyl (C=O) groups excluding carboxylic acids is 5. The Hall–Kier alpha value is -2.45. The molecule has 0 aromatic rings. The first-order chi connectivity index (χ1) is 26.9. The summed E-state index contributed by atoms with van der Waals surface area (Å²) in [5.74, 6) is -1.86. The van der Waals surface area contributed by atoms with E-state index in [0.717, 1.165) is 64.2 Å². The van der Waals surface area contributed by atoms with Crippen LogP contribution in [0.2, 0.25) is 0 Å². The quantitative estimate of drug-likeness (QED) is 0.0243. The van der Waals surface area contributed by atoms with Crippen molar-refractivity contribution in [3.63, 3.8) is 0 Å². The van der Waals surface area contributed by atoms with Gasteiger partial charge >= 0.3 is 29.8 Å². The molecule has 60 heavy (non-hydrogen) atoms. The summed E-state index contributed by atoms with van der Waals surface area (Å²) >= 11 is 0. The summed E-state index contributed by atoms with van der Waals surface area (Å²) in [6.07, 6.45) is 17.7. The third-order valence-electron chi connectivity index (χ3n) is 9.17. The number of halogens is 2. The number of aliphatic hydroxyl groups excluding tert-OH is 1. The van der Waals surface area contributed by atoms with Crippen LogP contribution in [0.25, 0.3) is 0 Å². The number of quaternary nitrogens is 1. The lowest BCUT2D eigenvalue weighted by Crippen LogP contribution is -3.00. The Kier molecular flexibility index (Phi) is 46.5. The van der Waals surface area contributed by atoms with Gasteiger partial charge in [-0.15, -0.1) is 6.58 Å². The highest BCUT2D eigenvalue weighted by atomic mass is 35.5. The summed E-state index contributed by atoms with van der Waals surface area (Å²) in [7, 11) is 3.74. The van der Waals surface area contributed by atoms with Crippen molar-refractivity contribution in [1.29, 1.82) is 0 Å². The summed E-state index contributed by atoms with van der Waals surface area (Å²) in [6.45, 7) is 17.5. The van der Waals surface area contributed by atoms with Crippen LogP contribution in [0.3, 0.4) is 0 Å². The van der Waals surface area contributed by atoms with Crippen molar-refractivity contribution in [2.24, 2.45) is 0 Å². The fraction of sp³-hybridized carbons (Fsp3) is 0.844. The Bertz CT molecular complexity index is 1110. The summed E-state index contributed by atoms with van der Waals surface area (Å²) in [5.41, 5.74) is -0.576. The first-order valence-corrected chi connectivity index (χ1v) is 21.6. The van der Waals surface area contributed by atoms with E-state index in [0.29, 0.717) is 36.7 Å². The van der Waals surface area contributed by atoms with Crippen molar-refractivity contribution in [3.8, 4) is 0 Å². The molecule has 0 saturated carbocycles. The minimum absolute atomic E-state index is 0. The Balaban J connectivity index is -0.000000334. The molecule has 0 saturated heterocycles. The van der Waals surface area contributed by atoms with Crippen LogP contribution >= 0.6 is 0 Å². The average Bonchev–Trinajstić information content (AvgIpc) is 3.12. The Morgan fingerprint density at radius 1 is 0.700 bits per heavy atom. The third kappa shape index (κ3) is 43.6. The molecular formula is C45H87Cl2N2O11-. The topological polar surface area (TPSA) is 164 Å². The van der Waals surface area contributed by atoms with Crippen molar-refractivity contribution < 1.29 is 82.1 Å². The maximum absolute atomic E-state index is 12.4. The summed E-state index contributed by atoms with van der Waals surface area (Å²) in [4.78, 5) is 58.7. The van der Waals surface area contributed by atoms with Crippen LogP contribution in [0.5, 0.6) is 0 Å². The van der Waals surface area contributed by atoms with E-state index in [1.165, 1.54) is 46.0 Å². The van der Waals surface area contributed by atoms with Gasteiger partial charge in [0.25, 0.3) is 0 Å². The molecule has 0 aliphatic heterocycles. The maximum atomic E-state index is 12.4. The van der Waals surface area contributed by atoms with Crippen LogP contribution in [-0.2, 0) is 47.7 Å². The van der Waals surface area contributed by atoms with E-state index < -0.39 is 30.0 Å². The van der Waals surface area contributed by atoms with Crippen LogP contribution < -0.4 is 30.1 Å². The van der Waals surface area contributed by atoms with Crippen LogP contribution in [0, 0.1) is 0 Å². The molecule has 2 N–H and O–H groups in total. The molecule has 0 rings (SSSR count). The normalized spacial score (nSPS) is 12.3. The van der Waals surface area contributed by atoms with E-state index in [-0.39, 0.29) is 82.4 Å². The highest BCUT2D eigenvalue weighted by molar-refractivity contribution is 5.73. The van der Waals surface area contributed by atoms with Gasteiger partial charge < -0.3 is 58.1 Å². The van der Waals surface area contributed by atoms with E-state index in [1.54, 1.807) is 6.08 Å². The number of carbonyl (C=O) groups is 5. The van der Waals surface area contributed by atoms with E-state index in [1.807, 2.05) is 27.9 Å². The van der Waals surface area contributed by atoms with Gasteiger partial charge in [0.2, 0.25) is 6.29 Å². The van der Waals surface area contributed by atoms with E-state index in [4.69, 9.17) is 23.7 Å². The zero-order valence-electron chi connectivity index (χ0n) is 38.2.